The topological polar surface area (TPSA) is 59.9 Å². The van der Waals surface area contributed by atoms with Crippen LogP contribution in [0.25, 0.3) is 6.08 Å². The lowest BCUT2D eigenvalue weighted by molar-refractivity contribution is -0.115. The van der Waals surface area contributed by atoms with Gasteiger partial charge < -0.3 is 14.8 Å². The van der Waals surface area contributed by atoms with E-state index in [-0.39, 0.29) is 24.1 Å². The lowest BCUT2D eigenvalue weighted by Crippen LogP contribution is -2.19. The van der Waals surface area contributed by atoms with Crippen LogP contribution in [0.1, 0.15) is 11.1 Å². The van der Waals surface area contributed by atoms with E-state index >= 15 is 0 Å². The number of carbonyl (C=O) groups excluding carboxylic acids is 1. The zero-order chi connectivity index (χ0) is 23.4. The largest absolute Gasteiger partial charge is 0.493 e. The van der Waals surface area contributed by atoms with Gasteiger partial charge in [-0.25, -0.2) is 13.8 Å². The molecule has 1 amide bonds. The molecule has 1 heterocycles. The first-order chi connectivity index (χ1) is 15.9. The third-order valence-electron chi connectivity index (χ3n) is 4.55. The minimum Gasteiger partial charge on any atom is -0.493 e. The molecule has 5 nitrogen and oxygen atoms in total. The van der Waals surface area contributed by atoms with Crippen molar-refractivity contribution in [1.29, 1.82) is 0 Å². The molecule has 1 saturated heterocycles. The van der Waals surface area contributed by atoms with Gasteiger partial charge in [0.2, 0.25) is 0 Å². The number of carbonyl (C=O) groups is 1. The summed E-state index contributed by atoms with van der Waals surface area (Å²) in [5.74, 6) is 0.150. The summed E-state index contributed by atoms with van der Waals surface area (Å²) in [6, 6.07) is 15.4. The van der Waals surface area contributed by atoms with Crippen LogP contribution in [0.2, 0.25) is 0 Å². The van der Waals surface area contributed by atoms with Crippen LogP contribution in [-0.2, 0) is 11.4 Å². The van der Waals surface area contributed by atoms with E-state index in [1.54, 1.807) is 24.3 Å². The van der Waals surface area contributed by atoms with Crippen molar-refractivity contribution in [2.24, 2.45) is 4.99 Å². The number of thioether (sulfide) groups is 1. The standard InChI is InChI=1S/C24H17F2IN2O3S/c1-31-20-11-15(10-19(27)22(20)32-13-14-2-4-16(25)5-3-14)12-21-23(30)29-24(33-21)28-18-8-6-17(26)7-9-18/h2-12H,13H2,1H3,(H,28,29,30)/b21-12+. The highest BCUT2D eigenvalue weighted by Crippen LogP contribution is 2.36. The van der Waals surface area contributed by atoms with E-state index < -0.39 is 0 Å². The Morgan fingerprint density at radius 1 is 1.06 bits per heavy atom. The molecule has 3 aromatic carbocycles. The molecule has 168 valence electrons. The molecule has 9 heteroatoms. The molecule has 0 saturated carbocycles. The van der Waals surface area contributed by atoms with Crippen LogP contribution in [0.4, 0.5) is 14.5 Å². The zero-order valence-electron chi connectivity index (χ0n) is 17.3. The predicted octanol–water partition coefficient (Wildman–Crippen LogP) is 6.05. The second-order valence-electron chi connectivity index (χ2n) is 6.91. The number of rotatable bonds is 6. The van der Waals surface area contributed by atoms with E-state index in [4.69, 9.17) is 9.47 Å². The molecule has 4 rings (SSSR count). The summed E-state index contributed by atoms with van der Waals surface area (Å²) >= 11 is 3.34. The van der Waals surface area contributed by atoms with Gasteiger partial charge >= 0.3 is 0 Å². The first kappa shape index (κ1) is 23.2. The summed E-state index contributed by atoms with van der Waals surface area (Å²) in [5.41, 5.74) is 2.12. The molecule has 1 fully saturated rings. The molecule has 0 bridgehead atoms. The van der Waals surface area contributed by atoms with E-state index in [0.717, 1.165) is 14.7 Å². The molecule has 0 aliphatic carbocycles. The summed E-state index contributed by atoms with van der Waals surface area (Å²) in [6.45, 7) is 0.258. The summed E-state index contributed by atoms with van der Waals surface area (Å²) in [6.07, 6.45) is 1.74. The van der Waals surface area contributed by atoms with Gasteiger partial charge in [-0.2, -0.15) is 0 Å². The minimum absolute atomic E-state index is 0.258. The second-order valence-corrected chi connectivity index (χ2v) is 9.10. The Morgan fingerprint density at radius 3 is 2.39 bits per heavy atom. The molecule has 33 heavy (non-hydrogen) atoms. The highest BCUT2D eigenvalue weighted by molar-refractivity contribution is 14.1. The number of methoxy groups -OCH3 is 1. The van der Waals surface area contributed by atoms with Crippen molar-refractivity contribution in [3.8, 4) is 11.5 Å². The average Bonchev–Trinajstić information content (AvgIpc) is 3.13. The number of nitrogens with zero attached hydrogens (tertiary/aromatic N) is 1. The van der Waals surface area contributed by atoms with Crippen molar-refractivity contribution in [3.05, 3.63) is 91.9 Å². The fourth-order valence-electron chi connectivity index (χ4n) is 2.96. The highest BCUT2D eigenvalue weighted by atomic mass is 127. The molecule has 1 N–H and O–H groups in total. The van der Waals surface area contributed by atoms with E-state index in [0.29, 0.717) is 27.3 Å². The third kappa shape index (κ3) is 5.91. The number of amides is 1. The maximum absolute atomic E-state index is 13.1. The number of ether oxygens (including phenoxy) is 2. The normalized spacial score (nSPS) is 15.7. The third-order valence-corrected chi connectivity index (χ3v) is 6.27. The predicted molar refractivity (Wildman–Crippen MR) is 134 cm³/mol. The number of halogens is 3. The van der Waals surface area contributed by atoms with Gasteiger partial charge in [0.1, 0.15) is 18.2 Å². The lowest BCUT2D eigenvalue weighted by Gasteiger charge is -2.14. The number of hydrogen-bond acceptors (Lipinski definition) is 5. The van der Waals surface area contributed by atoms with E-state index in [1.165, 1.54) is 55.3 Å². The summed E-state index contributed by atoms with van der Waals surface area (Å²) in [4.78, 5) is 17.2. The number of nitrogens with one attached hydrogen (secondary N) is 1. The van der Waals surface area contributed by atoms with Crippen LogP contribution < -0.4 is 14.8 Å². The molecule has 3 aromatic rings. The molecule has 0 aromatic heterocycles. The van der Waals surface area contributed by atoms with Crippen LogP contribution in [0, 0.1) is 15.2 Å². The first-order valence-corrected chi connectivity index (χ1v) is 11.6. The highest BCUT2D eigenvalue weighted by Gasteiger charge is 2.24. The van der Waals surface area contributed by atoms with Crippen molar-refractivity contribution in [3.63, 3.8) is 0 Å². The van der Waals surface area contributed by atoms with Crippen molar-refractivity contribution in [2.45, 2.75) is 6.61 Å². The number of aliphatic imine (C=N–C) groups is 1. The Morgan fingerprint density at radius 2 is 1.73 bits per heavy atom. The molecule has 1 aliphatic heterocycles. The maximum atomic E-state index is 13.1. The smallest absolute Gasteiger partial charge is 0.264 e. The van der Waals surface area contributed by atoms with Gasteiger partial charge in [-0.1, -0.05) is 12.1 Å². The summed E-state index contributed by atoms with van der Waals surface area (Å²) in [7, 11) is 1.54. The fraction of sp³-hybridized carbons (Fsp3) is 0.0833. The average molecular weight is 578 g/mol. The first-order valence-electron chi connectivity index (χ1n) is 9.71. The Balaban J connectivity index is 1.52. The number of hydrogen-bond donors (Lipinski definition) is 1. The minimum atomic E-state index is -0.351. The molecule has 0 spiro atoms. The second kappa shape index (κ2) is 10.3. The van der Waals surface area contributed by atoms with Crippen molar-refractivity contribution >= 4 is 57.2 Å². The monoisotopic (exact) mass is 578 g/mol. The van der Waals surface area contributed by atoms with Gasteiger partial charge in [0.25, 0.3) is 5.91 Å². The van der Waals surface area contributed by atoms with Crippen LogP contribution in [0.15, 0.2) is 70.6 Å². The molecular formula is C24H17F2IN2O3S. The van der Waals surface area contributed by atoms with Gasteiger partial charge in [0.05, 0.1) is 21.3 Å². The van der Waals surface area contributed by atoms with E-state index in [1.807, 2.05) is 6.07 Å². The van der Waals surface area contributed by atoms with Crippen LogP contribution in [-0.4, -0.2) is 18.2 Å². The van der Waals surface area contributed by atoms with Crippen molar-refractivity contribution in [1.82, 2.24) is 5.32 Å². The number of amidine groups is 1. The Bertz CT molecular complexity index is 1250. The van der Waals surface area contributed by atoms with Crippen LogP contribution >= 0.6 is 34.4 Å². The van der Waals surface area contributed by atoms with E-state index in [9.17, 15) is 13.6 Å². The summed E-state index contributed by atoms with van der Waals surface area (Å²) < 4.78 is 38.4. The van der Waals surface area contributed by atoms with Gasteiger partial charge in [0, 0.05) is 0 Å². The molecule has 0 radical (unpaired) electrons. The molecule has 1 aliphatic rings. The van der Waals surface area contributed by atoms with Crippen molar-refractivity contribution in [2.75, 3.05) is 7.11 Å². The van der Waals surface area contributed by atoms with Gasteiger partial charge in [-0.05, 0) is 100 Å². The lowest BCUT2D eigenvalue weighted by atomic mass is 10.2. The maximum Gasteiger partial charge on any atom is 0.264 e. The van der Waals surface area contributed by atoms with Crippen LogP contribution in [0.5, 0.6) is 11.5 Å². The van der Waals surface area contributed by atoms with Crippen molar-refractivity contribution < 1.29 is 23.0 Å². The zero-order valence-corrected chi connectivity index (χ0v) is 20.2. The quantitative estimate of drug-likeness (QED) is 0.286. The molecular weight excluding hydrogens is 561 g/mol. The molecule has 0 atom stereocenters. The Labute approximate surface area is 207 Å². The summed E-state index contributed by atoms with van der Waals surface area (Å²) in [5, 5.41) is 3.13. The SMILES string of the molecule is COc1cc(/C=C2/SC(=Nc3ccc(F)cc3)NC2=O)cc(I)c1OCc1ccc(F)cc1. The molecule has 0 unspecified atom stereocenters. The number of benzene rings is 3. The fourth-order valence-corrected chi connectivity index (χ4v) is 4.59. The van der Waals surface area contributed by atoms with E-state index in [2.05, 4.69) is 32.9 Å². The van der Waals surface area contributed by atoms with Gasteiger partial charge in [-0.3, -0.25) is 4.79 Å². The Kier molecular flexibility index (Phi) is 7.29. The van der Waals surface area contributed by atoms with Gasteiger partial charge in [-0.15, -0.1) is 0 Å². The van der Waals surface area contributed by atoms with Crippen LogP contribution in [0.3, 0.4) is 0 Å². The Hall–Kier alpha value is -2.92. The van der Waals surface area contributed by atoms with Gasteiger partial charge in [0.15, 0.2) is 16.7 Å².